The van der Waals surface area contributed by atoms with Gasteiger partial charge in [-0.1, -0.05) is 90.1 Å². The molecule has 0 radical (unpaired) electrons. The molecule has 0 atom stereocenters. The molecule has 0 fully saturated rings. The Morgan fingerprint density at radius 1 is 0.686 bits per heavy atom. The van der Waals surface area contributed by atoms with Crippen LogP contribution in [0.5, 0.6) is 0 Å². The van der Waals surface area contributed by atoms with E-state index in [0.29, 0.717) is 0 Å². The Labute approximate surface area is 210 Å². The van der Waals surface area contributed by atoms with Gasteiger partial charge in [0.05, 0.1) is 10.9 Å². The summed E-state index contributed by atoms with van der Waals surface area (Å²) in [5.41, 5.74) is 7.11. The third-order valence-electron chi connectivity index (χ3n) is 7.31. The lowest BCUT2D eigenvalue weighted by molar-refractivity contribution is -0.659. The van der Waals surface area contributed by atoms with Gasteiger partial charge in [-0.25, -0.2) is 4.57 Å². The minimum absolute atomic E-state index is 0.0569. The van der Waals surface area contributed by atoms with Gasteiger partial charge in [0.25, 0.3) is 0 Å². The summed E-state index contributed by atoms with van der Waals surface area (Å²) in [5, 5.41) is 7.99. The van der Waals surface area contributed by atoms with Crippen molar-refractivity contribution >= 4 is 32.3 Å². The van der Waals surface area contributed by atoms with Gasteiger partial charge in [-0.3, -0.25) is 0 Å². The predicted octanol–water partition coefficient (Wildman–Crippen LogP) is 8.83. The largest absolute Gasteiger partial charge is 0.220 e. The molecule has 1 nitrogen and oxygen atoms in total. The lowest BCUT2D eigenvalue weighted by Gasteiger charge is -2.24. The van der Waals surface area contributed by atoms with Gasteiger partial charge in [0.15, 0.2) is 6.20 Å². The molecular weight excluding hydrogens is 422 g/mol. The highest BCUT2D eigenvalue weighted by molar-refractivity contribution is 6.11. The van der Waals surface area contributed by atoms with Crippen LogP contribution in [0.15, 0.2) is 72.9 Å². The highest BCUT2D eigenvalue weighted by Crippen LogP contribution is 2.39. The highest BCUT2D eigenvalue weighted by atomic mass is 14.9. The van der Waals surface area contributed by atoms with Crippen molar-refractivity contribution in [2.75, 3.05) is 0 Å². The second kappa shape index (κ2) is 8.19. The lowest BCUT2D eigenvalue weighted by Crippen LogP contribution is -2.31. The summed E-state index contributed by atoms with van der Waals surface area (Å²) in [7, 11) is 2.18. The van der Waals surface area contributed by atoms with Crippen LogP contribution in [0, 0.1) is 12.3 Å². The lowest BCUT2D eigenvalue weighted by atomic mass is 9.80. The van der Waals surface area contributed by atoms with E-state index in [1.807, 2.05) is 0 Å². The molecule has 4 aromatic carbocycles. The van der Waals surface area contributed by atoms with Crippen LogP contribution in [0.3, 0.4) is 0 Å². The fourth-order valence-corrected chi connectivity index (χ4v) is 5.68. The number of hydrogen-bond acceptors (Lipinski definition) is 0. The summed E-state index contributed by atoms with van der Waals surface area (Å²) in [6.45, 7) is 16.2. The van der Waals surface area contributed by atoms with Crippen molar-refractivity contribution in [1.29, 1.82) is 0 Å². The van der Waals surface area contributed by atoms with Crippen LogP contribution < -0.4 is 4.57 Å². The number of hydrogen-bond donors (Lipinski definition) is 0. The third kappa shape index (κ3) is 4.22. The smallest absolute Gasteiger partial charge is 0.200 e. The predicted molar refractivity (Wildman–Crippen MR) is 152 cm³/mol. The van der Waals surface area contributed by atoms with Gasteiger partial charge in [0, 0.05) is 11.5 Å². The Hall–Kier alpha value is -3.19. The number of aryl methyl sites for hydroxylation is 2. The molecular formula is C34H38N+. The molecule has 1 heterocycles. The van der Waals surface area contributed by atoms with Crippen molar-refractivity contribution in [3.63, 3.8) is 0 Å². The first kappa shape index (κ1) is 23.5. The minimum atomic E-state index is 0.0569. The second-order valence-electron chi connectivity index (χ2n) is 12.5. The van der Waals surface area contributed by atoms with Gasteiger partial charge in [0.1, 0.15) is 7.05 Å². The zero-order valence-electron chi connectivity index (χ0n) is 22.6. The average Bonchev–Trinajstić information content (AvgIpc) is 2.77. The van der Waals surface area contributed by atoms with E-state index in [1.54, 1.807) is 0 Å². The molecule has 178 valence electrons. The maximum atomic E-state index is 2.45. The molecule has 1 aromatic heterocycles. The fourth-order valence-electron chi connectivity index (χ4n) is 5.68. The average molecular weight is 461 g/mol. The van der Waals surface area contributed by atoms with Gasteiger partial charge in [-0.2, -0.15) is 0 Å². The van der Waals surface area contributed by atoms with E-state index in [-0.39, 0.29) is 10.8 Å². The minimum Gasteiger partial charge on any atom is -0.200 e. The van der Waals surface area contributed by atoms with Gasteiger partial charge in [0.2, 0.25) is 5.69 Å². The van der Waals surface area contributed by atoms with Crippen molar-refractivity contribution in [3.05, 3.63) is 89.6 Å². The zero-order valence-corrected chi connectivity index (χ0v) is 22.6. The van der Waals surface area contributed by atoms with E-state index in [4.69, 9.17) is 0 Å². The van der Waals surface area contributed by atoms with Crippen LogP contribution in [0.1, 0.15) is 58.2 Å². The number of pyridine rings is 1. The maximum absolute atomic E-state index is 2.45. The first-order valence-electron chi connectivity index (χ1n) is 12.8. The summed E-state index contributed by atoms with van der Waals surface area (Å²) in [4.78, 5) is 0. The molecule has 0 saturated heterocycles. The standard InChI is InChI=1S/C34H38N/c1-22-25-11-9-10-12-28(25)31(34(5,6)7)20-30(22)32-29-16-14-24-19-23(21-33(2,3)4)13-15-26(24)27(29)17-18-35(32)8/h9-20H,21H2,1-8H3/q+1. The fraction of sp³-hybridized carbons (Fsp3) is 0.324. The molecule has 0 spiro atoms. The van der Waals surface area contributed by atoms with Crippen LogP contribution in [0.25, 0.3) is 43.6 Å². The molecule has 0 bridgehead atoms. The van der Waals surface area contributed by atoms with Gasteiger partial charge < -0.3 is 0 Å². The molecule has 35 heavy (non-hydrogen) atoms. The maximum Gasteiger partial charge on any atom is 0.220 e. The third-order valence-corrected chi connectivity index (χ3v) is 7.31. The number of benzene rings is 4. The van der Waals surface area contributed by atoms with Crippen LogP contribution in [-0.4, -0.2) is 0 Å². The van der Waals surface area contributed by atoms with Crippen molar-refractivity contribution < 1.29 is 4.57 Å². The summed E-state index contributed by atoms with van der Waals surface area (Å²) >= 11 is 0. The molecule has 0 N–H and O–H groups in total. The Bertz CT molecular complexity index is 1590. The highest BCUT2D eigenvalue weighted by Gasteiger charge is 2.25. The number of fused-ring (bicyclic) bond motifs is 4. The number of rotatable bonds is 2. The van der Waals surface area contributed by atoms with E-state index < -0.39 is 0 Å². The normalized spacial score (nSPS) is 12.7. The molecule has 5 rings (SSSR count). The monoisotopic (exact) mass is 460 g/mol. The van der Waals surface area contributed by atoms with Crippen molar-refractivity contribution in [2.24, 2.45) is 12.5 Å². The van der Waals surface area contributed by atoms with Crippen molar-refractivity contribution in [3.8, 4) is 11.3 Å². The molecule has 0 aliphatic rings. The molecule has 0 aliphatic heterocycles. The second-order valence-corrected chi connectivity index (χ2v) is 12.5. The van der Waals surface area contributed by atoms with Gasteiger partial charge in [-0.15, -0.1) is 0 Å². The Kier molecular flexibility index (Phi) is 5.51. The summed E-state index contributed by atoms with van der Waals surface area (Å²) < 4.78 is 2.30. The van der Waals surface area contributed by atoms with E-state index in [2.05, 4.69) is 133 Å². The zero-order chi connectivity index (χ0) is 25.1. The van der Waals surface area contributed by atoms with Gasteiger partial charge >= 0.3 is 0 Å². The molecule has 1 heteroatoms. The first-order valence-corrected chi connectivity index (χ1v) is 12.8. The molecule has 0 saturated carbocycles. The molecule has 0 unspecified atom stereocenters. The summed E-state index contributed by atoms with van der Waals surface area (Å²) in [6.07, 6.45) is 3.31. The Balaban J connectivity index is 1.81. The van der Waals surface area contributed by atoms with Crippen molar-refractivity contribution in [2.45, 2.75) is 60.3 Å². The van der Waals surface area contributed by atoms with E-state index >= 15 is 0 Å². The SMILES string of the molecule is Cc1c(-c2c3ccc4cc(CC(C)(C)C)ccc4c3cc[n+]2C)cc(C(C)(C)C)c2ccccc12. The van der Waals surface area contributed by atoms with Crippen molar-refractivity contribution in [1.82, 2.24) is 0 Å². The number of aromatic nitrogens is 1. The summed E-state index contributed by atoms with van der Waals surface area (Å²) in [6, 6.07) is 25.3. The summed E-state index contributed by atoms with van der Waals surface area (Å²) in [5.74, 6) is 0. The van der Waals surface area contributed by atoms with E-state index in [9.17, 15) is 0 Å². The van der Waals surface area contributed by atoms with Gasteiger partial charge in [-0.05, 0) is 74.5 Å². The Morgan fingerprint density at radius 2 is 1.37 bits per heavy atom. The van der Waals surface area contributed by atoms with Crippen LogP contribution in [0.4, 0.5) is 0 Å². The first-order chi connectivity index (χ1) is 16.4. The molecule has 0 amide bonds. The molecule has 0 aliphatic carbocycles. The van der Waals surface area contributed by atoms with Crippen LogP contribution >= 0.6 is 0 Å². The quantitative estimate of drug-likeness (QED) is 0.183. The van der Waals surface area contributed by atoms with E-state index in [0.717, 1.165) is 6.42 Å². The Morgan fingerprint density at radius 3 is 2.06 bits per heavy atom. The van der Waals surface area contributed by atoms with Crippen LogP contribution in [-0.2, 0) is 18.9 Å². The topological polar surface area (TPSA) is 3.88 Å². The number of nitrogens with zero attached hydrogens (tertiary/aromatic N) is 1. The van der Waals surface area contributed by atoms with Crippen LogP contribution in [0.2, 0.25) is 0 Å². The van der Waals surface area contributed by atoms with E-state index in [1.165, 1.54) is 60.3 Å². The molecule has 5 aromatic rings.